The summed E-state index contributed by atoms with van der Waals surface area (Å²) in [6.07, 6.45) is 1.36. The van der Waals surface area contributed by atoms with Crippen molar-refractivity contribution in [1.82, 2.24) is 10.2 Å². The highest BCUT2D eigenvalue weighted by Crippen LogP contribution is 2.33. The number of nitrogens with one attached hydrogen (secondary N) is 1. The van der Waals surface area contributed by atoms with Crippen molar-refractivity contribution in [1.29, 1.82) is 0 Å². The molecule has 0 aliphatic carbocycles. The highest BCUT2D eigenvalue weighted by molar-refractivity contribution is 5.14. The Bertz CT molecular complexity index is 376. The maximum atomic E-state index is 3.57. The van der Waals surface area contributed by atoms with Gasteiger partial charge in [-0.15, -0.1) is 0 Å². The van der Waals surface area contributed by atoms with Gasteiger partial charge in [-0.1, -0.05) is 37.3 Å². The Balaban J connectivity index is 1.64. The van der Waals surface area contributed by atoms with E-state index in [4.69, 9.17) is 0 Å². The number of hydrogen-bond donors (Lipinski definition) is 1. The Morgan fingerprint density at radius 1 is 1.22 bits per heavy atom. The van der Waals surface area contributed by atoms with E-state index in [1.807, 2.05) is 0 Å². The lowest BCUT2D eigenvalue weighted by Gasteiger charge is -2.21. The molecule has 0 bridgehead atoms. The number of fused-ring (bicyclic) bond motifs is 1. The van der Waals surface area contributed by atoms with Crippen LogP contribution < -0.4 is 5.32 Å². The van der Waals surface area contributed by atoms with Crippen LogP contribution in [-0.2, 0) is 6.54 Å². The number of nitrogens with zero attached hydrogens (tertiary/aromatic N) is 1. The molecule has 0 saturated carbocycles. The van der Waals surface area contributed by atoms with Crippen LogP contribution in [-0.4, -0.2) is 31.1 Å². The molecule has 0 spiro atoms. The summed E-state index contributed by atoms with van der Waals surface area (Å²) in [4.78, 5) is 2.66. The van der Waals surface area contributed by atoms with Gasteiger partial charge in [0.15, 0.2) is 0 Å². The Morgan fingerprint density at radius 3 is 2.89 bits per heavy atom. The maximum absolute atomic E-state index is 3.57. The van der Waals surface area contributed by atoms with E-state index >= 15 is 0 Å². The van der Waals surface area contributed by atoms with Crippen LogP contribution in [0.15, 0.2) is 30.3 Å². The molecule has 2 saturated heterocycles. The molecule has 1 aromatic rings. The van der Waals surface area contributed by atoms with Gasteiger partial charge in [-0.2, -0.15) is 0 Å². The standard InChI is InChI=1S/C16H24N2/c1-13-9-17-8-7-15-11-18(12-16(13)15)10-14-5-3-2-4-6-14/h2-6,13,15-17H,7-12H2,1H3. The smallest absolute Gasteiger partial charge is 0.0233 e. The zero-order valence-corrected chi connectivity index (χ0v) is 11.3. The van der Waals surface area contributed by atoms with Crippen molar-refractivity contribution in [2.45, 2.75) is 19.9 Å². The van der Waals surface area contributed by atoms with Crippen molar-refractivity contribution in [3.8, 4) is 0 Å². The van der Waals surface area contributed by atoms with Gasteiger partial charge in [0.2, 0.25) is 0 Å². The third-order valence-corrected chi connectivity index (χ3v) is 4.71. The molecule has 3 atom stereocenters. The van der Waals surface area contributed by atoms with E-state index < -0.39 is 0 Å². The monoisotopic (exact) mass is 244 g/mol. The first-order valence-electron chi connectivity index (χ1n) is 7.30. The molecule has 2 fully saturated rings. The molecule has 2 nitrogen and oxygen atoms in total. The second-order valence-corrected chi connectivity index (χ2v) is 6.07. The van der Waals surface area contributed by atoms with Crippen molar-refractivity contribution < 1.29 is 0 Å². The van der Waals surface area contributed by atoms with Gasteiger partial charge in [-0.3, -0.25) is 4.90 Å². The van der Waals surface area contributed by atoms with Gasteiger partial charge in [0.1, 0.15) is 0 Å². The van der Waals surface area contributed by atoms with Crippen LogP contribution in [0.3, 0.4) is 0 Å². The summed E-state index contributed by atoms with van der Waals surface area (Å²) in [5, 5.41) is 3.57. The molecular formula is C16H24N2. The molecule has 1 aromatic carbocycles. The van der Waals surface area contributed by atoms with Gasteiger partial charge in [-0.05, 0) is 42.8 Å². The summed E-state index contributed by atoms with van der Waals surface area (Å²) in [5.41, 5.74) is 1.46. The van der Waals surface area contributed by atoms with Crippen molar-refractivity contribution in [3.63, 3.8) is 0 Å². The SMILES string of the molecule is CC1CNCCC2CN(Cc3ccccc3)CC12. The third-order valence-electron chi connectivity index (χ3n) is 4.71. The van der Waals surface area contributed by atoms with Crippen LogP contribution in [0.4, 0.5) is 0 Å². The van der Waals surface area contributed by atoms with E-state index in [1.54, 1.807) is 0 Å². The Kier molecular flexibility index (Phi) is 3.67. The fraction of sp³-hybridized carbons (Fsp3) is 0.625. The quantitative estimate of drug-likeness (QED) is 0.859. The van der Waals surface area contributed by atoms with Gasteiger partial charge >= 0.3 is 0 Å². The largest absolute Gasteiger partial charge is 0.316 e. The molecule has 0 radical (unpaired) electrons. The highest BCUT2D eigenvalue weighted by Gasteiger charge is 2.36. The van der Waals surface area contributed by atoms with E-state index in [9.17, 15) is 0 Å². The second-order valence-electron chi connectivity index (χ2n) is 6.07. The first kappa shape index (κ1) is 12.2. The third kappa shape index (κ3) is 2.60. The molecule has 2 aliphatic rings. The first-order valence-corrected chi connectivity index (χ1v) is 7.30. The summed E-state index contributed by atoms with van der Waals surface area (Å²) < 4.78 is 0. The fourth-order valence-electron chi connectivity index (χ4n) is 3.68. The minimum Gasteiger partial charge on any atom is -0.316 e. The summed E-state index contributed by atoms with van der Waals surface area (Å²) in [5.74, 6) is 2.65. The molecule has 1 N–H and O–H groups in total. The van der Waals surface area contributed by atoms with Crippen LogP contribution in [0.1, 0.15) is 18.9 Å². The van der Waals surface area contributed by atoms with E-state index in [0.29, 0.717) is 0 Å². The number of rotatable bonds is 2. The molecule has 0 amide bonds. The van der Waals surface area contributed by atoms with Crippen molar-refractivity contribution in [2.24, 2.45) is 17.8 Å². The van der Waals surface area contributed by atoms with E-state index in [-0.39, 0.29) is 0 Å². The van der Waals surface area contributed by atoms with Crippen molar-refractivity contribution in [3.05, 3.63) is 35.9 Å². The lowest BCUT2D eigenvalue weighted by molar-refractivity contribution is 0.287. The minimum absolute atomic E-state index is 0.832. The highest BCUT2D eigenvalue weighted by atomic mass is 15.2. The molecule has 3 unspecified atom stereocenters. The molecule has 2 heterocycles. The van der Waals surface area contributed by atoms with Gasteiger partial charge in [0.25, 0.3) is 0 Å². The zero-order valence-electron chi connectivity index (χ0n) is 11.3. The average Bonchev–Trinajstić information content (AvgIpc) is 2.71. The minimum atomic E-state index is 0.832. The molecule has 3 rings (SSSR count). The van der Waals surface area contributed by atoms with E-state index in [1.165, 1.54) is 38.2 Å². The number of likely N-dealkylation sites (tertiary alicyclic amines) is 1. The number of hydrogen-bond acceptors (Lipinski definition) is 2. The molecule has 98 valence electrons. The van der Waals surface area contributed by atoms with E-state index in [2.05, 4.69) is 47.5 Å². The van der Waals surface area contributed by atoms with Crippen molar-refractivity contribution >= 4 is 0 Å². The summed E-state index contributed by atoms with van der Waals surface area (Å²) >= 11 is 0. The lowest BCUT2D eigenvalue weighted by Crippen LogP contribution is -2.27. The predicted octanol–water partition coefficient (Wildman–Crippen LogP) is 2.36. The number of benzene rings is 1. The van der Waals surface area contributed by atoms with Gasteiger partial charge < -0.3 is 5.32 Å². The van der Waals surface area contributed by atoms with Crippen LogP contribution in [0.2, 0.25) is 0 Å². The zero-order chi connectivity index (χ0) is 12.4. The Hall–Kier alpha value is -0.860. The molecular weight excluding hydrogens is 220 g/mol. The van der Waals surface area contributed by atoms with Crippen LogP contribution >= 0.6 is 0 Å². The van der Waals surface area contributed by atoms with E-state index in [0.717, 1.165) is 24.3 Å². The predicted molar refractivity (Wildman–Crippen MR) is 75.3 cm³/mol. The molecule has 18 heavy (non-hydrogen) atoms. The van der Waals surface area contributed by atoms with Crippen LogP contribution in [0, 0.1) is 17.8 Å². The Labute approximate surface area is 110 Å². The first-order chi connectivity index (χ1) is 8.83. The van der Waals surface area contributed by atoms with Crippen molar-refractivity contribution in [2.75, 3.05) is 26.2 Å². The summed E-state index contributed by atoms with van der Waals surface area (Å²) in [7, 11) is 0. The molecule has 2 heteroatoms. The average molecular weight is 244 g/mol. The van der Waals surface area contributed by atoms with Crippen LogP contribution in [0.5, 0.6) is 0 Å². The topological polar surface area (TPSA) is 15.3 Å². The maximum Gasteiger partial charge on any atom is 0.0233 e. The second kappa shape index (κ2) is 5.41. The summed E-state index contributed by atoms with van der Waals surface area (Å²) in [6.45, 7) is 8.56. The molecule has 0 aromatic heterocycles. The van der Waals surface area contributed by atoms with Gasteiger partial charge in [0, 0.05) is 19.6 Å². The van der Waals surface area contributed by atoms with Gasteiger partial charge in [0.05, 0.1) is 0 Å². The lowest BCUT2D eigenvalue weighted by atomic mass is 9.85. The summed E-state index contributed by atoms with van der Waals surface area (Å²) in [6, 6.07) is 10.9. The fourth-order valence-corrected chi connectivity index (χ4v) is 3.68. The molecule has 2 aliphatic heterocycles. The van der Waals surface area contributed by atoms with Gasteiger partial charge in [-0.25, -0.2) is 0 Å². The Morgan fingerprint density at radius 2 is 2.06 bits per heavy atom. The normalized spacial score (nSPS) is 33.1. The van der Waals surface area contributed by atoms with Crippen LogP contribution in [0.25, 0.3) is 0 Å².